The monoisotopic (exact) mass is 272 g/mol. The lowest BCUT2D eigenvalue weighted by molar-refractivity contribution is -0.137. The van der Waals surface area contributed by atoms with Gasteiger partial charge >= 0.3 is 5.97 Å². The van der Waals surface area contributed by atoms with Gasteiger partial charge in [0.25, 0.3) is 0 Å². The topological polar surface area (TPSA) is 64.3 Å². The molecule has 1 unspecified atom stereocenters. The van der Waals surface area contributed by atoms with Crippen molar-refractivity contribution in [1.82, 2.24) is 4.90 Å². The van der Waals surface area contributed by atoms with Crippen LogP contribution >= 0.6 is 0 Å². The molecule has 1 aliphatic heterocycles. The van der Waals surface area contributed by atoms with Crippen LogP contribution in [0.1, 0.15) is 36.8 Å². The molecule has 1 aromatic rings. The number of hydrogen-bond donors (Lipinski definition) is 1. The predicted octanol–water partition coefficient (Wildman–Crippen LogP) is 2.64. The molecule has 0 saturated carbocycles. The highest BCUT2D eigenvalue weighted by Gasteiger charge is 2.20. The number of benzene rings is 1. The second-order valence-corrected chi connectivity index (χ2v) is 5.48. The third kappa shape index (κ3) is 4.36. The van der Waals surface area contributed by atoms with Gasteiger partial charge in [0.05, 0.1) is 11.6 Å². The molecule has 1 saturated heterocycles. The van der Waals surface area contributed by atoms with Crippen molar-refractivity contribution in [3.8, 4) is 6.07 Å². The van der Waals surface area contributed by atoms with Crippen LogP contribution in [0.4, 0.5) is 0 Å². The maximum atomic E-state index is 10.6. The molecule has 1 fully saturated rings. The molecule has 0 aliphatic carbocycles. The van der Waals surface area contributed by atoms with E-state index in [1.165, 1.54) is 5.56 Å². The van der Waals surface area contributed by atoms with Crippen molar-refractivity contribution in [1.29, 1.82) is 5.26 Å². The number of nitrogens with zero attached hydrogens (tertiary/aromatic N) is 2. The smallest absolute Gasteiger partial charge is 0.303 e. The van der Waals surface area contributed by atoms with E-state index >= 15 is 0 Å². The third-order valence-corrected chi connectivity index (χ3v) is 3.86. The van der Waals surface area contributed by atoms with E-state index in [1.807, 2.05) is 24.3 Å². The van der Waals surface area contributed by atoms with Gasteiger partial charge in [0.15, 0.2) is 0 Å². The molecule has 0 aromatic heterocycles. The highest BCUT2D eigenvalue weighted by Crippen LogP contribution is 2.22. The van der Waals surface area contributed by atoms with Gasteiger partial charge in [-0.2, -0.15) is 5.26 Å². The van der Waals surface area contributed by atoms with Crippen LogP contribution in [0, 0.1) is 17.2 Å². The Kier molecular flexibility index (Phi) is 5.14. The molecular formula is C16H20N2O2. The minimum absolute atomic E-state index is 0.273. The summed E-state index contributed by atoms with van der Waals surface area (Å²) in [5, 5.41) is 17.5. The number of aliphatic carboxylic acids is 1. The zero-order valence-corrected chi connectivity index (χ0v) is 11.6. The van der Waals surface area contributed by atoms with E-state index in [4.69, 9.17) is 10.4 Å². The number of hydrogen-bond acceptors (Lipinski definition) is 3. The third-order valence-electron chi connectivity index (χ3n) is 3.86. The van der Waals surface area contributed by atoms with Crippen molar-refractivity contribution in [2.24, 2.45) is 5.92 Å². The SMILES string of the molecule is N#Cc1ccc(CN2CCCC(CCC(=O)O)C2)cc1. The maximum Gasteiger partial charge on any atom is 0.303 e. The van der Waals surface area contributed by atoms with Crippen LogP contribution in [0.3, 0.4) is 0 Å². The first-order valence-electron chi connectivity index (χ1n) is 7.10. The summed E-state index contributed by atoms with van der Waals surface area (Å²) in [4.78, 5) is 13.0. The Labute approximate surface area is 119 Å². The average molecular weight is 272 g/mol. The zero-order valence-electron chi connectivity index (χ0n) is 11.6. The summed E-state index contributed by atoms with van der Waals surface area (Å²) in [5.41, 5.74) is 1.90. The van der Waals surface area contributed by atoms with Gasteiger partial charge in [-0.05, 0) is 49.4 Å². The van der Waals surface area contributed by atoms with Crippen molar-refractivity contribution in [3.63, 3.8) is 0 Å². The molecule has 1 aromatic carbocycles. The molecule has 0 amide bonds. The number of carboxylic acid groups (broad SMARTS) is 1. The van der Waals surface area contributed by atoms with Crippen LogP contribution in [0.15, 0.2) is 24.3 Å². The molecule has 4 nitrogen and oxygen atoms in total. The van der Waals surface area contributed by atoms with Crippen molar-refractivity contribution in [2.75, 3.05) is 13.1 Å². The van der Waals surface area contributed by atoms with Gasteiger partial charge in [0.2, 0.25) is 0 Å². The lowest BCUT2D eigenvalue weighted by atomic mass is 9.93. The summed E-state index contributed by atoms with van der Waals surface area (Å²) in [6.07, 6.45) is 3.33. The summed E-state index contributed by atoms with van der Waals surface area (Å²) in [5.74, 6) is -0.201. The van der Waals surface area contributed by atoms with Crippen LogP contribution in [0.5, 0.6) is 0 Å². The summed E-state index contributed by atoms with van der Waals surface area (Å²) in [7, 11) is 0. The van der Waals surface area contributed by atoms with Gasteiger partial charge in [-0.25, -0.2) is 0 Å². The van der Waals surface area contributed by atoms with E-state index in [1.54, 1.807) is 0 Å². The summed E-state index contributed by atoms with van der Waals surface area (Å²) in [6.45, 7) is 2.94. The number of nitriles is 1. The molecule has 4 heteroatoms. The molecule has 0 spiro atoms. The fourth-order valence-electron chi connectivity index (χ4n) is 2.80. The number of likely N-dealkylation sites (tertiary alicyclic amines) is 1. The lowest BCUT2D eigenvalue weighted by Crippen LogP contribution is -2.35. The van der Waals surface area contributed by atoms with Gasteiger partial charge < -0.3 is 5.11 Å². The van der Waals surface area contributed by atoms with Crippen molar-refractivity contribution < 1.29 is 9.90 Å². The first-order chi connectivity index (χ1) is 9.67. The number of carboxylic acids is 1. The molecule has 106 valence electrons. The highest BCUT2D eigenvalue weighted by molar-refractivity contribution is 5.66. The van der Waals surface area contributed by atoms with E-state index in [2.05, 4.69) is 11.0 Å². The van der Waals surface area contributed by atoms with Crippen LogP contribution in [-0.4, -0.2) is 29.1 Å². The van der Waals surface area contributed by atoms with Crippen LogP contribution in [-0.2, 0) is 11.3 Å². The second kappa shape index (κ2) is 7.06. The zero-order chi connectivity index (χ0) is 14.4. The Morgan fingerprint density at radius 1 is 1.40 bits per heavy atom. The molecule has 1 N–H and O–H groups in total. The fraction of sp³-hybridized carbons (Fsp3) is 0.500. The Hall–Kier alpha value is -1.86. The number of rotatable bonds is 5. The Morgan fingerprint density at radius 3 is 2.80 bits per heavy atom. The van der Waals surface area contributed by atoms with E-state index in [0.717, 1.165) is 38.9 Å². The first kappa shape index (κ1) is 14.5. The van der Waals surface area contributed by atoms with Gasteiger partial charge in [-0.1, -0.05) is 12.1 Å². The Balaban J connectivity index is 1.85. The summed E-state index contributed by atoms with van der Waals surface area (Å²) in [6, 6.07) is 9.82. The molecule has 0 radical (unpaired) electrons. The van der Waals surface area contributed by atoms with Crippen molar-refractivity contribution in [3.05, 3.63) is 35.4 Å². The number of piperidine rings is 1. The number of carbonyl (C=O) groups is 1. The van der Waals surface area contributed by atoms with Gasteiger partial charge in [-0.15, -0.1) is 0 Å². The molecule has 2 rings (SSSR count). The Morgan fingerprint density at radius 2 is 2.15 bits per heavy atom. The Bertz CT molecular complexity index is 490. The largest absolute Gasteiger partial charge is 0.481 e. The minimum atomic E-state index is -0.700. The molecule has 0 bridgehead atoms. The quantitative estimate of drug-likeness (QED) is 0.895. The van der Waals surface area contributed by atoms with E-state index in [0.29, 0.717) is 11.5 Å². The van der Waals surface area contributed by atoms with E-state index < -0.39 is 5.97 Å². The van der Waals surface area contributed by atoms with Crippen molar-refractivity contribution >= 4 is 5.97 Å². The highest BCUT2D eigenvalue weighted by atomic mass is 16.4. The van der Waals surface area contributed by atoms with Crippen LogP contribution in [0.2, 0.25) is 0 Å². The lowest BCUT2D eigenvalue weighted by Gasteiger charge is -2.32. The van der Waals surface area contributed by atoms with Gasteiger partial charge in [0, 0.05) is 19.5 Å². The molecular weight excluding hydrogens is 252 g/mol. The first-order valence-corrected chi connectivity index (χ1v) is 7.10. The molecule has 1 aliphatic rings. The molecule has 1 heterocycles. The molecule has 20 heavy (non-hydrogen) atoms. The maximum absolute atomic E-state index is 10.6. The van der Waals surface area contributed by atoms with Crippen molar-refractivity contribution in [2.45, 2.75) is 32.2 Å². The van der Waals surface area contributed by atoms with E-state index in [-0.39, 0.29) is 6.42 Å². The van der Waals surface area contributed by atoms with E-state index in [9.17, 15) is 4.79 Å². The van der Waals surface area contributed by atoms with Crippen LogP contribution < -0.4 is 0 Å². The molecule has 1 atom stereocenters. The van der Waals surface area contributed by atoms with Gasteiger partial charge in [-0.3, -0.25) is 9.69 Å². The average Bonchev–Trinajstić information content (AvgIpc) is 2.46. The van der Waals surface area contributed by atoms with Crippen LogP contribution in [0.25, 0.3) is 0 Å². The normalized spacial score (nSPS) is 19.4. The minimum Gasteiger partial charge on any atom is -0.481 e. The predicted molar refractivity (Wildman–Crippen MR) is 76.0 cm³/mol. The summed E-state index contributed by atoms with van der Waals surface area (Å²) >= 11 is 0. The second-order valence-electron chi connectivity index (χ2n) is 5.48. The standard InChI is InChI=1S/C16H20N2O2/c17-10-13-3-5-15(6-4-13)12-18-9-1-2-14(11-18)7-8-16(19)20/h3-6,14H,1-2,7-9,11-12H2,(H,19,20). The fourth-order valence-corrected chi connectivity index (χ4v) is 2.80. The van der Waals surface area contributed by atoms with Gasteiger partial charge in [0.1, 0.15) is 0 Å². The summed E-state index contributed by atoms with van der Waals surface area (Å²) < 4.78 is 0.